The predicted molar refractivity (Wildman–Crippen MR) is 74.9 cm³/mol. The number of alkyl halides is 1. The first-order valence-corrected chi connectivity index (χ1v) is 6.40. The molecule has 6 heteroatoms. The highest BCUT2D eigenvalue weighted by atomic mass is 79.9. The van der Waals surface area contributed by atoms with E-state index < -0.39 is 5.62 Å². The third-order valence-corrected chi connectivity index (χ3v) is 3.50. The number of hydrogen-bond acceptors (Lipinski definition) is 3. The highest BCUT2D eigenvalue weighted by Gasteiger charge is 2.22. The van der Waals surface area contributed by atoms with Gasteiger partial charge in [-0.25, -0.2) is 4.99 Å². The van der Waals surface area contributed by atoms with Crippen molar-refractivity contribution in [1.82, 2.24) is 0 Å². The van der Waals surface area contributed by atoms with E-state index >= 15 is 0 Å². The molecule has 0 N–H and O–H groups in total. The Kier molecular flexibility index (Phi) is 3.97. The predicted octanol–water partition coefficient (Wildman–Crippen LogP) is 4.00. The van der Waals surface area contributed by atoms with Gasteiger partial charge in [0.15, 0.2) is 0 Å². The third kappa shape index (κ3) is 2.59. The minimum Gasteiger partial charge on any atom is -0.481 e. The average Bonchev–Trinajstić information content (AvgIpc) is 2.30. The largest absolute Gasteiger partial charge is 0.481 e. The maximum absolute atomic E-state index is 6.16. The molecule has 0 bridgehead atoms. The van der Waals surface area contributed by atoms with Gasteiger partial charge < -0.3 is 9.64 Å². The number of nitrogens with zero attached hydrogens (tertiary/aromatic N) is 2. The summed E-state index contributed by atoms with van der Waals surface area (Å²) in [7, 11) is 1.55. The molecule has 0 amide bonds. The molecule has 1 aromatic rings. The number of halogens is 3. The van der Waals surface area contributed by atoms with Crippen molar-refractivity contribution in [2.24, 2.45) is 4.99 Å². The Bertz CT molecular complexity index is 470. The zero-order valence-electron chi connectivity index (χ0n) is 8.90. The summed E-state index contributed by atoms with van der Waals surface area (Å²) >= 11 is 15.8. The molecular formula is C11H9BrCl2N2O. The van der Waals surface area contributed by atoms with Crippen LogP contribution >= 0.6 is 39.1 Å². The first kappa shape index (κ1) is 12.7. The Morgan fingerprint density at radius 1 is 1.47 bits per heavy atom. The van der Waals surface area contributed by atoms with Gasteiger partial charge in [-0.1, -0.05) is 29.3 Å². The van der Waals surface area contributed by atoms with E-state index in [4.69, 9.17) is 27.9 Å². The quantitative estimate of drug-likeness (QED) is 0.572. The van der Waals surface area contributed by atoms with Gasteiger partial charge in [0.05, 0.1) is 17.8 Å². The van der Waals surface area contributed by atoms with Gasteiger partial charge in [0.2, 0.25) is 11.5 Å². The Hall–Kier alpha value is -0.710. The van der Waals surface area contributed by atoms with Gasteiger partial charge in [-0.15, -0.1) is 0 Å². The molecular weight excluding hydrogens is 327 g/mol. The number of hydrogen-bond donors (Lipinski definition) is 0. The summed E-state index contributed by atoms with van der Waals surface area (Å²) in [5.41, 5.74) is 0.204. The van der Waals surface area contributed by atoms with E-state index in [-0.39, 0.29) is 0 Å². The smallest absolute Gasteiger partial charge is 0.212 e. The van der Waals surface area contributed by atoms with Crippen molar-refractivity contribution in [1.29, 1.82) is 0 Å². The molecule has 0 saturated carbocycles. The number of benzene rings is 1. The molecule has 1 unspecified atom stereocenters. The zero-order chi connectivity index (χ0) is 12.4. The fraction of sp³-hybridized carbons (Fsp3) is 0.182. The van der Waals surface area contributed by atoms with Crippen molar-refractivity contribution in [2.45, 2.75) is 5.62 Å². The van der Waals surface area contributed by atoms with Crippen molar-refractivity contribution >= 4 is 50.7 Å². The summed E-state index contributed by atoms with van der Waals surface area (Å²) in [5, 5.41) is 0.603. The van der Waals surface area contributed by atoms with Crippen LogP contribution in [0.1, 0.15) is 0 Å². The van der Waals surface area contributed by atoms with Crippen LogP contribution in [0.25, 0.3) is 0 Å². The molecule has 0 fully saturated rings. The zero-order valence-corrected chi connectivity index (χ0v) is 12.0. The molecule has 0 aromatic heterocycles. The minimum absolute atomic E-state index is 0.490. The Morgan fingerprint density at radius 3 is 2.82 bits per heavy atom. The number of methoxy groups -OCH3 is 1. The minimum atomic E-state index is -0.578. The second kappa shape index (κ2) is 5.29. The Balaban J connectivity index is 2.37. The van der Waals surface area contributed by atoms with E-state index in [1.807, 2.05) is 12.1 Å². The van der Waals surface area contributed by atoms with Crippen LogP contribution in [0.4, 0.5) is 5.69 Å². The van der Waals surface area contributed by atoms with Crippen LogP contribution in [-0.2, 0) is 4.74 Å². The lowest BCUT2D eigenvalue weighted by Gasteiger charge is -2.27. The number of rotatable bonds is 1. The molecule has 0 spiro atoms. The lowest BCUT2D eigenvalue weighted by atomic mass is 10.3. The highest BCUT2D eigenvalue weighted by Crippen LogP contribution is 2.36. The molecule has 2 rings (SSSR count). The van der Waals surface area contributed by atoms with Crippen LogP contribution in [0, 0.1) is 0 Å². The van der Waals surface area contributed by atoms with Crippen molar-refractivity contribution in [3.8, 4) is 0 Å². The number of aliphatic imine (C=N–C) groups is 1. The molecule has 1 atom stereocenters. The standard InChI is InChI=1S/C11H9BrCl2N2O/c1-17-9-5-6-16(11(14)15-9)10-7(12)3-2-4-8(10)13/h2-6,11H,1H3. The van der Waals surface area contributed by atoms with Gasteiger partial charge in [0.25, 0.3) is 0 Å². The summed E-state index contributed by atoms with van der Waals surface area (Å²) in [5.74, 6) is 0.490. The molecule has 0 radical (unpaired) electrons. The highest BCUT2D eigenvalue weighted by molar-refractivity contribution is 9.10. The van der Waals surface area contributed by atoms with Crippen molar-refractivity contribution < 1.29 is 4.74 Å². The van der Waals surface area contributed by atoms with E-state index in [1.165, 1.54) is 0 Å². The second-order valence-corrected chi connectivity index (χ2v) is 4.93. The molecule has 0 aliphatic carbocycles. The lowest BCUT2D eigenvalue weighted by Crippen LogP contribution is -2.29. The van der Waals surface area contributed by atoms with Crippen molar-refractivity contribution in [2.75, 3.05) is 12.0 Å². The van der Waals surface area contributed by atoms with Crippen LogP contribution in [0.15, 0.2) is 39.9 Å². The summed E-state index contributed by atoms with van der Waals surface area (Å²) in [6.45, 7) is 0. The number of anilines is 1. The Morgan fingerprint density at radius 2 is 2.24 bits per heavy atom. The maximum atomic E-state index is 6.16. The maximum Gasteiger partial charge on any atom is 0.212 e. The monoisotopic (exact) mass is 334 g/mol. The van der Waals surface area contributed by atoms with Crippen LogP contribution in [0.3, 0.4) is 0 Å². The van der Waals surface area contributed by atoms with E-state index in [2.05, 4.69) is 20.9 Å². The van der Waals surface area contributed by atoms with E-state index in [0.717, 1.165) is 10.2 Å². The molecule has 0 saturated heterocycles. The number of ether oxygens (including phenoxy) is 1. The molecule has 1 aliphatic heterocycles. The molecule has 3 nitrogen and oxygen atoms in total. The SMILES string of the molecule is COC1=NC(Cl)N(c2c(Cl)cccc2Br)C=C1. The van der Waals surface area contributed by atoms with Crippen LogP contribution in [0.5, 0.6) is 0 Å². The molecule has 1 aromatic carbocycles. The molecule has 17 heavy (non-hydrogen) atoms. The van der Waals surface area contributed by atoms with Gasteiger partial charge in [-0.3, -0.25) is 0 Å². The van der Waals surface area contributed by atoms with Gasteiger partial charge >= 0.3 is 0 Å². The molecule has 90 valence electrons. The first-order chi connectivity index (χ1) is 8.13. The molecule has 1 heterocycles. The van der Waals surface area contributed by atoms with Crippen molar-refractivity contribution in [3.63, 3.8) is 0 Å². The number of para-hydroxylation sites is 1. The fourth-order valence-electron chi connectivity index (χ4n) is 1.46. The summed E-state index contributed by atoms with van der Waals surface area (Å²) in [6, 6.07) is 5.56. The van der Waals surface area contributed by atoms with Gasteiger partial charge in [0.1, 0.15) is 0 Å². The van der Waals surface area contributed by atoms with Crippen LogP contribution < -0.4 is 4.90 Å². The summed E-state index contributed by atoms with van der Waals surface area (Å²) in [4.78, 5) is 5.92. The second-order valence-electron chi connectivity index (χ2n) is 3.28. The van der Waals surface area contributed by atoms with Gasteiger partial charge in [-0.05, 0) is 28.1 Å². The topological polar surface area (TPSA) is 24.8 Å². The molecule has 1 aliphatic rings. The van der Waals surface area contributed by atoms with Crippen molar-refractivity contribution in [3.05, 3.63) is 40.0 Å². The van der Waals surface area contributed by atoms with Gasteiger partial charge in [0, 0.05) is 16.7 Å². The summed E-state index contributed by atoms with van der Waals surface area (Å²) < 4.78 is 5.87. The van der Waals surface area contributed by atoms with Crippen LogP contribution in [0.2, 0.25) is 5.02 Å². The van der Waals surface area contributed by atoms with Crippen LogP contribution in [-0.4, -0.2) is 18.6 Å². The van der Waals surface area contributed by atoms with E-state index in [9.17, 15) is 0 Å². The first-order valence-electron chi connectivity index (χ1n) is 4.80. The third-order valence-electron chi connectivity index (χ3n) is 2.25. The van der Waals surface area contributed by atoms with Gasteiger partial charge in [-0.2, -0.15) is 0 Å². The van der Waals surface area contributed by atoms with E-state index in [1.54, 1.807) is 30.4 Å². The average molecular weight is 336 g/mol. The normalized spacial score (nSPS) is 19.2. The van der Waals surface area contributed by atoms with E-state index in [0.29, 0.717) is 10.9 Å². The summed E-state index contributed by atoms with van der Waals surface area (Å²) in [6.07, 6.45) is 3.52. The Labute approximate surface area is 118 Å². The fourth-order valence-corrected chi connectivity index (χ4v) is 2.68. The lowest BCUT2D eigenvalue weighted by molar-refractivity contribution is 0.402.